The van der Waals surface area contributed by atoms with E-state index in [1.54, 1.807) is 43.1 Å². The Labute approximate surface area is 221 Å². The van der Waals surface area contributed by atoms with Gasteiger partial charge in [-0.15, -0.1) is 0 Å². The highest BCUT2D eigenvalue weighted by atomic mass is 31.2. The molecular formula is C32H72P2+2. The molecule has 0 amide bonds. The maximum absolute atomic E-state index is 2.45. The second kappa shape index (κ2) is 26.9. The van der Waals surface area contributed by atoms with Crippen LogP contribution in [0.5, 0.6) is 0 Å². The van der Waals surface area contributed by atoms with E-state index in [4.69, 9.17) is 0 Å². The average molecular weight is 519 g/mol. The van der Waals surface area contributed by atoms with Crippen molar-refractivity contribution in [2.75, 3.05) is 49.3 Å². The molecule has 0 aliphatic heterocycles. The van der Waals surface area contributed by atoms with Gasteiger partial charge in [0.25, 0.3) is 0 Å². The van der Waals surface area contributed by atoms with Gasteiger partial charge in [-0.2, -0.15) is 0 Å². The van der Waals surface area contributed by atoms with E-state index in [2.05, 4.69) is 55.4 Å². The predicted octanol–water partition coefficient (Wildman–Crippen LogP) is 12.4. The van der Waals surface area contributed by atoms with E-state index in [1.165, 1.54) is 109 Å². The monoisotopic (exact) mass is 519 g/mol. The molecule has 2 heteroatoms. The lowest BCUT2D eigenvalue weighted by Gasteiger charge is -2.28. The molecule has 0 saturated heterocycles. The van der Waals surface area contributed by atoms with Crippen LogP contribution in [0.25, 0.3) is 0 Å². The first kappa shape index (κ1) is 37.0. The summed E-state index contributed by atoms with van der Waals surface area (Å²) in [6.45, 7) is 18.9. The Bertz CT molecular complexity index is 336. The zero-order valence-electron chi connectivity index (χ0n) is 25.9. The summed E-state index contributed by atoms with van der Waals surface area (Å²) in [6.07, 6.45) is 35.8. The Morgan fingerprint density at radius 2 is 0.529 bits per heavy atom. The van der Waals surface area contributed by atoms with Crippen LogP contribution in [0.2, 0.25) is 0 Å². The first-order valence-corrected chi connectivity index (χ1v) is 21.2. The maximum atomic E-state index is 2.45. The second-order valence-electron chi connectivity index (χ2n) is 11.2. The first-order valence-electron chi connectivity index (χ1n) is 16.2. The highest BCUT2D eigenvalue weighted by Crippen LogP contribution is 2.61. The van der Waals surface area contributed by atoms with Crippen molar-refractivity contribution in [2.24, 2.45) is 0 Å². The maximum Gasteiger partial charge on any atom is 0.0594 e. The van der Waals surface area contributed by atoms with Crippen molar-refractivity contribution in [3.63, 3.8) is 0 Å². The van der Waals surface area contributed by atoms with E-state index in [9.17, 15) is 0 Å². The average Bonchev–Trinajstić information content (AvgIpc) is 2.87. The molecule has 0 rings (SSSR count). The highest BCUT2D eigenvalue weighted by molar-refractivity contribution is 7.76. The molecule has 34 heavy (non-hydrogen) atoms. The Morgan fingerprint density at radius 3 is 0.794 bits per heavy atom. The number of hydrogen-bond acceptors (Lipinski definition) is 0. The third-order valence-corrected chi connectivity index (χ3v) is 18.3. The van der Waals surface area contributed by atoms with E-state index < -0.39 is 14.5 Å². The molecule has 0 radical (unpaired) electrons. The minimum atomic E-state index is -0.586. The van der Waals surface area contributed by atoms with Gasteiger partial charge in [-0.1, -0.05) is 99.8 Å². The standard InChI is InChI=1S/C18H40P.C14H32P/c1-5-9-13-14-18-19(15-10-6-2,16-11-7-3)17-12-8-4;1-5-9-12-15(8-4,13-10-6-2)14-11-7-3/h5-18H2,1-4H3;5-14H2,1-4H3/q2*+1. The molecular weight excluding hydrogens is 446 g/mol. The van der Waals surface area contributed by atoms with Crippen LogP contribution in [-0.2, 0) is 0 Å². The Morgan fingerprint density at radius 1 is 0.265 bits per heavy atom. The predicted molar refractivity (Wildman–Crippen MR) is 172 cm³/mol. The SMILES string of the molecule is CCCCCC[P+](CCCC)(CCCC)CCCC.CCCC[P+](CC)(CCCC)CCCC. The summed E-state index contributed by atoms with van der Waals surface area (Å²) in [5, 5.41) is 0. The lowest BCUT2D eigenvalue weighted by molar-refractivity contribution is 0.699. The first-order chi connectivity index (χ1) is 16.5. The minimum Gasteiger partial charge on any atom is -0.0654 e. The van der Waals surface area contributed by atoms with Crippen molar-refractivity contribution in [1.29, 1.82) is 0 Å². The van der Waals surface area contributed by atoms with Crippen LogP contribution in [-0.4, -0.2) is 49.3 Å². The molecule has 0 nitrogen and oxygen atoms in total. The summed E-state index contributed by atoms with van der Waals surface area (Å²) in [7, 11) is -1.11. The topological polar surface area (TPSA) is 0 Å². The summed E-state index contributed by atoms with van der Waals surface area (Å²) in [5.41, 5.74) is 0. The molecule has 0 unspecified atom stereocenters. The molecule has 0 bridgehead atoms. The lowest BCUT2D eigenvalue weighted by Crippen LogP contribution is -2.12. The quantitative estimate of drug-likeness (QED) is 0.0880. The van der Waals surface area contributed by atoms with Crippen LogP contribution >= 0.6 is 14.5 Å². The van der Waals surface area contributed by atoms with Gasteiger partial charge in [-0.25, -0.2) is 0 Å². The Balaban J connectivity index is 0. The Hall–Kier alpha value is 0.860. The van der Waals surface area contributed by atoms with E-state index in [0.717, 1.165) is 0 Å². The van der Waals surface area contributed by atoms with Crippen molar-refractivity contribution < 1.29 is 0 Å². The van der Waals surface area contributed by atoms with Gasteiger partial charge in [0.15, 0.2) is 0 Å². The van der Waals surface area contributed by atoms with E-state index in [-0.39, 0.29) is 0 Å². The van der Waals surface area contributed by atoms with Crippen LogP contribution in [0.3, 0.4) is 0 Å². The molecule has 0 aromatic heterocycles. The number of unbranched alkanes of at least 4 members (excludes halogenated alkanes) is 9. The molecule has 0 fully saturated rings. The van der Waals surface area contributed by atoms with Gasteiger partial charge >= 0.3 is 0 Å². The molecule has 0 N–H and O–H groups in total. The molecule has 0 atom stereocenters. The molecule has 0 aromatic carbocycles. The van der Waals surface area contributed by atoms with Gasteiger partial charge in [0.05, 0.1) is 49.3 Å². The summed E-state index contributed by atoms with van der Waals surface area (Å²) in [5.74, 6) is 0. The zero-order valence-corrected chi connectivity index (χ0v) is 27.7. The van der Waals surface area contributed by atoms with Gasteiger partial charge in [-0.3, -0.25) is 0 Å². The van der Waals surface area contributed by atoms with Gasteiger partial charge in [0.2, 0.25) is 0 Å². The molecule has 0 heterocycles. The van der Waals surface area contributed by atoms with Gasteiger partial charge in [0.1, 0.15) is 0 Å². The van der Waals surface area contributed by atoms with Crippen LogP contribution in [0.15, 0.2) is 0 Å². The van der Waals surface area contributed by atoms with Crippen LogP contribution in [0.4, 0.5) is 0 Å². The van der Waals surface area contributed by atoms with Crippen molar-refractivity contribution in [3.8, 4) is 0 Å². The number of rotatable bonds is 24. The van der Waals surface area contributed by atoms with Gasteiger partial charge in [-0.05, 0) is 58.3 Å². The second-order valence-corrected chi connectivity index (χ2v) is 20.4. The smallest absolute Gasteiger partial charge is 0.0594 e. The Kier molecular flexibility index (Phi) is 29.3. The van der Waals surface area contributed by atoms with Gasteiger partial charge in [0, 0.05) is 14.5 Å². The van der Waals surface area contributed by atoms with Crippen LogP contribution < -0.4 is 0 Å². The summed E-state index contributed by atoms with van der Waals surface area (Å²) in [6, 6.07) is 0. The largest absolute Gasteiger partial charge is 0.0654 e. The highest BCUT2D eigenvalue weighted by Gasteiger charge is 2.34. The fraction of sp³-hybridized carbons (Fsp3) is 1.00. The fourth-order valence-corrected chi connectivity index (χ4v) is 15.1. The third-order valence-electron chi connectivity index (χ3n) is 8.07. The summed E-state index contributed by atoms with van der Waals surface area (Å²) < 4.78 is 0. The summed E-state index contributed by atoms with van der Waals surface area (Å²) >= 11 is 0. The molecule has 0 aliphatic carbocycles. The third kappa shape index (κ3) is 20.0. The van der Waals surface area contributed by atoms with E-state index in [1.807, 2.05) is 0 Å². The van der Waals surface area contributed by atoms with Crippen LogP contribution in [0.1, 0.15) is 158 Å². The number of hydrogen-bond donors (Lipinski definition) is 0. The van der Waals surface area contributed by atoms with Gasteiger partial charge < -0.3 is 0 Å². The van der Waals surface area contributed by atoms with Crippen molar-refractivity contribution in [3.05, 3.63) is 0 Å². The van der Waals surface area contributed by atoms with Crippen molar-refractivity contribution in [1.82, 2.24) is 0 Å². The fourth-order valence-electron chi connectivity index (χ4n) is 5.32. The van der Waals surface area contributed by atoms with E-state index in [0.29, 0.717) is 0 Å². The van der Waals surface area contributed by atoms with E-state index >= 15 is 0 Å². The zero-order chi connectivity index (χ0) is 26.0. The molecule has 0 saturated carbocycles. The van der Waals surface area contributed by atoms with Crippen molar-refractivity contribution >= 4 is 14.5 Å². The normalized spacial score (nSPS) is 12.0. The molecule has 0 aliphatic rings. The minimum absolute atomic E-state index is 0.527. The molecule has 0 spiro atoms. The van der Waals surface area contributed by atoms with Crippen molar-refractivity contribution in [2.45, 2.75) is 158 Å². The van der Waals surface area contributed by atoms with Crippen LogP contribution in [0, 0.1) is 0 Å². The molecule has 208 valence electrons. The summed E-state index contributed by atoms with van der Waals surface area (Å²) in [4.78, 5) is 0. The lowest BCUT2D eigenvalue weighted by atomic mass is 10.2. The molecule has 0 aromatic rings.